The van der Waals surface area contributed by atoms with E-state index in [1.54, 1.807) is 11.6 Å². The molecule has 2 unspecified atom stereocenters. The van der Waals surface area contributed by atoms with Gasteiger partial charge < -0.3 is 9.84 Å². The molecule has 0 bridgehead atoms. The molecule has 2 rings (SSSR count). The molecule has 2 atom stereocenters. The van der Waals surface area contributed by atoms with Crippen LogP contribution in [0.1, 0.15) is 41.5 Å². The van der Waals surface area contributed by atoms with Crippen LogP contribution in [0.4, 0.5) is 0 Å². The van der Waals surface area contributed by atoms with Crippen LogP contribution in [-0.4, -0.2) is 38.8 Å². The Labute approximate surface area is 105 Å². The topological polar surface area (TPSA) is 77.2 Å². The van der Waals surface area contributed by atoms with Crippen LogP contribution >= 0.6 is 0 Å². The Morgan fingerprint density at radius 3 is 3.06 bits per heavy atom. The first-order valence-electron chi connectivity index (χ1n) is 6.03. The normalized spacial score (nSPS) is 23.0. The molecule has 1 aliphatic rings. The van der Waals surface area contributed by atoms with Crippen molar-refractivity contribution in [1.82, 2.24) is 15.0 Å². The minimum atomic E-state index is -0.508. The maximum atomic E-state index is 11.7. The molecular formula is C12H17N3O3. The first kappa shape index (κ1) is 12.8. The van der Waals surface area contributed by atoms with Gasteiger partial charge in [0.25, 0.3) is 0 Å². The van der Waals surface area contributed by atoms with Gasteiger partial charge in [0.15, 0.2) is 5.69 Å². The molecule has 1 aromatic heterocycles. The summed E-state index contributed by atoms with van der Waals surface area (Å²) in [5.41, 5.74) is 0.839. The zero-order valence-electron chi connectivity index (χ0n) is 10.4. The first-order valence-corrected chi connectivity index (χ1v) is 6.03. The fourth-order valence-electron chi connectivity index (χ4n) is 2.25. The molecule has 6 nitrogen and oxygen atoms in total. The van der Waals surface area contributed by atoms with E-state index in [0.29, 0.717) is 5.69 Å². The summed E-state index contributed by atoms with van der Waals surface area (Å²) < 4.78 is 6.55. The summed E-state index contributed by atoms with van der Waals surface area (Å²) in [6.45, 7) is 5.38. The van der Waals surface area contributed by atoms with Gasteiger partial charge in [0.2, 0.25) is 0 Å². The van der Waals surface area contributed by atoms with Crippen LogP contribution in [0.5, 0.6) is 0 Å². The van der Waals surface area contributed by atoms with E-state index in [1.807, 2.05) is 0 Å². The van der Waals surface area contributed by atoms with Gasteiger partial charge in [-0.1, -0.05) is 17.9 Å². The molecule has 0 spiro atoms. The zero-order chi connectivity index (χ0) is 13.1. The summed E-state index contributed by atoms with van der Waals surface area (Å²) in [5, 5.41) is 17.6. The maximum Gasteiger partial charge on any atom is 0.361 e. The number of carbonyl (C=O) groups is 1. The van der Waals surface area contributed by atoms with E-state index in [2.05, 4.69) is 16.9 Å². The number of aromatic nitrogens is 3. The Kier molecular flexibility index (Phi) is 3.76. The van der Waals surface area contributed by atoms with Gasteiger partial charge >= 0.3 is 5.97 Å². The molecule has 0 amide bonds. The van der Waals surface area contributed by atoms with E-state index < -0.39 is 12.1 Å². The van der Waals surface area contributed by atoms with E-state index in [4.69, 9.17) is 4.74 Å². The number of aliphatic hydroxyl groups is 1. The summed E-state index contributed by atoms with van der Waals surface area (Å²) in [4.78, 5) is 11.7. The quantitative estimate of drug-likeness (QED) is 0.638. The minimum Gasteiger partial charge on any atom is -0.457 e. The van der Waals surface area contributed by atoms with Crippen molar-refractivity contribution in [1.29, 1.82) is 0 Å². The van der Waals surface area contributed by atoms with Gasteiger partial charge in [0.05, 0.1) is 17.8 Å². The molecule has 0 aliphatic heterocycles. The average Bonchev–Trinajstić information content (AvgIpc) is 2.92. The molecule has 1 aliphatic carbocycles. The van der Waals surface area contributed by atoms with Crippen molar-refractivity contribution in [3.05, 3.63) is 24.0 Å². The molecule has 1 N–H and O–H groups in total. The predicted octanol–water partition coefficient (Wildman–Crippen LogP) is 1.02. The summed E-state index contributed by atoms with van der Waals surface area (Å²) in [6, 6.07) is -0.0848. The highest BCUT2D eigenvalue weighted by Gasteiger charge is 2.30. The molecular weight excluding hydrogens is 234 g/mol. The second-order valence-corrected chi connectivity index (χ2v) is 4.42. The molecule has 1 heterocycles. The standard InChI is InChI=1S/C12H17N3O3/c1-3-7-18-12(17)11-8(2)15(14-13-11)9-5-4-6-10(9)16/h3,9-10,16H,1,4-7H2,2H3. The van der Waals surface area contributed by atoms with Crippen molar-refractivity contribution in [3.63, 3.8) is 0 Å². The lowest BCUT2D eigenvalue weighted by atomic mass is 10.2. The molecule has 1 saturated carbocycles. The fraction of sp³-hybridized carbons (Fsp3) is 0.583. The Morgan fingerprint density at radius 1 is 1.67 bits per heavy atom. The summed E-state index contributed by atoms with van der Waals surface area (Å²) in [6.07, 6.45) is 3.66. The highest BCUT2D eigenvalue weighted by atomic mass is 16.5. The van der Waals surface area contributed by atoms with Gasteiger partial charge in [-0.25, -0.2) is 9.48 Å². The summed E-state index contributed by atoms with van der Waals surface area (Å²) >= 11 is 0. The molecule has 6 heteroatoms. The largest absolute Gasteiger partial charge is 0.457 e. The number of carbonyl (C=O) groups excluding carboxylic acids is 1. The monoisotopic (exact) mass is 251 g/mol. The van der Waals surface area contributed by atoms with Crippen molar-refractivity contribution in [2.45, 2.75) is 38.3 Å². The Morgan fingerprint density at radius 2 is 2.44 bits per heavy atom. The predicted molar refractivity (Wildman–Crippen MR) is 64.1 cm³/mol. The van der Waals surface area contributed by atoms with Crippen molar-refractivity contribution in [3.8, 4) is 0 Å². The fourth-order valence-corrected chi connectivity index (χ4v) is 2.25. The summed E-state index contributed by atoms with van der Waals surface area (Å²) in [7, 11) is 0. The average molecular weight is 251 g/mol. The number of ether oxygens (including phenoxy) is 1. The lowest BCUT2D eigenvalue weighted by Gasteiger charge is -2.15. The van der Waals surface area contributed by atoms with E-state index >= 15 is 0 Å². The van der Waals surface area contributed by atoms with Crippen LogP contribution in [0.25, 0.3) is 0 Å². The van der Waals surface area contributed by atoms with Crippen molar-refractivity contribution < 1.29 is 14.6 Å². The molecule has 0 saturated heterocycles. The van der Waals surface area contributed by atoms with Gasteiger partial charge in [0.1, 0.15) is 6.61 Å². The van der Waals surface area contributed by atoms with E-state index in [9.17, 15) is 9.90 Å². The first-order chi connectivity index (χ1) is 8.65. The lowest BCUT2D eigenvalue weighted by molar-refractivity contribution is 0.0541. The number of hydrogen-bond acceptors (Lipinski definition) is 5. The van der Waals surface area contributed by atoms with Crippen molar-refractivity contribution >= 4 is 5.97 Å². The van der Waals surface area contributed by atoms with Gasteiger partial charge in [-0.3, -0.25) is 0 Å². The van der Waals surface area contributed by atoms with Gasteiger partial charge in [-0.2, -0.15) is 0 Å². The van der Waals surface area contributed by atoms with Crippen LogP contribution in [0.3, 0.4) is 0 Å². The van der Waals surface area contributed by atoms with Gasteiger partial charge in [-0.15, -0.1) is 5.10 Å². The molecule has 98 valence electrons. The number of nitrogens with zero attached hydrogens (tertiary/aromatic N) is 3. The second-order valence-electron chi connectivity index (χ2n) is 4.42. The Bertz CT molecular complexity index is 455. The smallest absolute Gasteiger partial charge is 0.361 e. The van der Waals surface area contributed by atoms with E-state index in [1.165, 1.54) is 6.08 Å². The minimum absolute atomic E-state index is 0.0848. The van der Waals surface area contributed by atoms with Crippen LogP contribution in [0.15, 0.2) is 12.7 Å². The molecule has 0 radical (unpaired) electrons. The van der Waals surface area contributed by atoms with E-state index in [0.717, 1.165) is 19.3 Å². The number of rotatable bonds is 4. The SMILES string of the molecule is C=CCOC(=O)c1nnn(C2CCCC2O)c1C. The number of hydrogen-bond donors (Lipinski definition) is 1. The molecule has 1 fully saturated rings. The van der Waals surface area contributed by atoms with E-state index in [-0.39, 0.29) is 18.3 Å². The molecule has 0 aromatic carbocycles. The number of esters is 1. The van der Waals surface area contributed by atoms with Crippen LogP contribution in [0.2, 0.25) is 0 Å². The third-order valence-electron chi connectivity index (χ3n) is 3.21. The molecule has 1 aromatic rings. The second kappa shape index (κ2) is 5.30. The zero-order valence-corrected chi connectivity index (χ0v) is 10.4. The van der Waals surface area contributed by atoms with Gasteiger partial charge in [-0.05, 0) is 26.2 Å². The highest BCUT2D eigenvalue weighted by Crippen LogP contribution is 2.30. The maximum absolute atomic E-state index is 11.7. The third-order valence-corrected chi connectivity index (χ3v) is 3.21. The van der Waals surface area contributed by atoms with Crippen LogP contribution in [0, 0.1) is 6.92 Å². The number of aliphatic hydroxyl groups excluding tert-OH is 1. The highest BCUT2D eigenvalue weighted by molar-refractivity contribution is 5.88. The summed E-state index contributed by atoms with van der Waals surface area (Å²) in [5.74, 6) is -0.508. The lowest BCUT2D eigenvalue weighted by Crippen LogP contribution is -2.20. The Balaban J connectivity index is 2.17. The van der Waals surface area contributed by atoms with Crippen molar-refractivity contribution in [2.75, 3.05) is 6.61 Å². The van der Waals surface area contributed by atoms with Crippen LogP contribution < -0.4 is 0 Å². The van der Waals surface area contributed by atoms with Crippen molar-refractivity contribution in [2.24, 2.45) is 0 Å². The van der Waals surface area contributed by atoms with Crippen LogP contribution in [-0.2, 0) is 4.74 Å². The van der Waals surface area contributed by atoms with Gasteiger partial charge in [0, 0.05) is 0 Å². The third kappa shape index (κ3) is 2.28. The Hall–Kier alpha value is -1.69. The molecule has 18 heavy (non-hydrogen) atoms.